The quantitative estimate of drug-likeness (QED) is 0.859. The van der Waals surface area contributed by atoms with Gasteiger partial charge in [0.15, 0.2) is 0 Å². The van der Waals surface area contributed by atoms with Gasteiger partial charge in [-0.25, -0.2) is 4.79 Å². The van der Waals surface area contributed by atoms with Crippen molar-refractivity contribution in [3.8, 4) is 0 Å². The van der Waals surface area contributed by atoms with Crippen LogP contribution in [0.1, 0.15) is 29.9 Å². The minimum absolute atomic E-state index is 0.244. The van der Waals surface area contributed by atoms with E-state index in [1.54, 1.807) is 0 Å². The summed E-state index contributed by atoms with van der Waals surface area (Å²) in [5, 5.41) is 15.4. The summed E-state index contributed by atoms with van der Waals surface area (Å²) >= 11 is 3.08. The number of carbonyl (C=O) groups is 1. The molecule has 0 bridgehead atoms. The molecule has 0 atom stereocenters. The number of aromatic amines is 1. The molecule has 0 aliphatic carbocycles. The molecule has 1 aromatic rings. The number of hydrogen-bond acceptors (Lipinski definition) is 2. The van der Waals surface area contributed by atoms with Crippen LogP contribution >= 0.6 is 15.9 Å². The molecule has 0 aliphatic rings. The fraction of sp³-hybridized carbons (Fsp3) is 0.500. The van der Waals surface area contributed by atoms with Crippen molar-refractivity contribution in [1.29, 1.82) is 0 Å². The summed E-state index contributed by atoms with van der Waals surface area (Å²) < 4.78 is 0.371. The summed E-state index contributed by atoms with van der Waals surface area (Å²) in [4.78, 5) is 10.8. The number of nitrogens with zero attached hydrogens (tertiary/aromatic N) is 1. The third-order valence-electron chi connectivity index (χ3n) is 1.62. The molecule has 0 amide bonds. The van der Waals surface area contributed by atoms with Gasteiger partial charge in [-0.05, 0) is 28.3 Å². The Balaban J connectivity index is 3.00. The molecule has 0 saturated carbocycles. The van der Waals surface area contributed by atoms with Crippen molar-refractivity contribution >= 4 is 21.9 Å². The first-order valence-electron chi connectivity index (χ1n) is 3.98. The lowest BCUT2D eigenvalue weighted by Crippen LogP contribution is -2.03. The third-order valence-corrected chi connectivity index (χ3v) is 2.20. The second kappa shape index (κ2) is 3.91. The van der Waals surface area contributed by atoms with Crippen LogP contribution in [0.3, 0.4) is 0 Å². The van der Waals surface area contributed by atoms with Crippen molar-refractivity contribution in [2.24, 2.45) is 5.92 Å². The second-order valence-electron chi connectivity index (χ2n) is 3.27. The highest BCUT2D eigenvalue weighted by molar-refractivity contribution is 9.10. The number of nitrogens with one attached hydrogen (secondary N) is 1. The highest BCUT2D eigenvalue weighted by Crippen LogP contribution is 2.19. The van der Waals surface area contributed by atoms with Gasteiger partial charge < -0.3 is 5.11 Å². The molecule has 0 saturated heterocycles. The minimum atomic E-state index is -0.948. The first-order chi connectivity index (χ1) is 6.02. The largest absolute Gasteiger partial charge is 0.478 e. The number of rotatable bonds is 3. The Morgan fingerprint density at radius 3 is 2.77 bits per heavy atom. The Morgan fingerprint density at radius 2 is 2.31 bits per heavy atom. The molecule has 0 spiro atoms. The molecule has 1 rings (SSSR count). The summed E-state index contributed by atoms with van der Waals surface area (Å²) in [5.41, 5.74) is 0.920. The van der Waals surface area contributed by atoms with Crippen LogP contribution in [0.2, 0.25) is 0 Å². The fourth-order valence-electron chi connectivity index (χ4n) is 1.13. The molecule has 4 nitrogen and oxygen atoms in total. The van der Waals surface area contributed by atoms with Gasteiger partial charge in [0.2, 0.25) is 0 Å². The van der Waals surface area contributed by atoms with E-state index in [0.717, 1.165) is 0 Å². The number of hydrogen-bond donors (Lipinski definition) is 2. The zero-order valence-electron chi connectivity index (χ0n) is 7.47. The highest BCUT2D eigenvalue weighted by atomic mass is 79.9. The predicted molar refractivity (Wildman–Crippen MR) is 51.8 cm³/mol. The lowest BCUT2D eigenvalue weighted by molar-refractivity contribution is 0.0694. The van der Waals surface area contributed by atoms with E-state index in [9.17, 15) is 4.79 Å². The summed E-state index contributed by atoms with van der Waals surface area (Å²) in [6.45, 7) is 4.06. The van der Waals surface area contributed by atoms with E-state index >= 15 is 0 Å². The van der Waals surface area contributed by atoms with Crippen LogP contribution in [0.5, 0.6) is 0 Å². The fourth-order valence-corrected chi connectivity index (χ4v) is 1.62. The Kier molecular flexibility index (Phi) is 3.08. The van der Waals surface area contributed by atoms with Crippen molar-refractivity contribution in [2.45, 2.75) is 20.3 Å². The lowest BCUT2D eigenvalue weighted by Gasteiger charge is -2.02. The minimum Gasteiger partial charge on any atom is -0.478 e. The molecule has 1 heterocycles. The van der Waals surface area contributed by atoms with E-state index in [4.69, 9.17) is 5.11 Å². The molecule has 0 unspecified atom stereocenters. The maximum Gasteiger partial charge on any atom is 0.340 e. The maximum atomic E-state index is 10.8. The molecule has 0 radical (unpaired) electrons. The van der Waals surface area contributed by atoms with E-state index in [1.165, 1.54) is 0 Å². The number of halogens is 1. The van der Waals surface area contributed by atoms with Gasteiger partial charge in [-0.3, -0.25) is 5.10 Å². The smallest absolute Gasteiger partial charge is 0.340 e. The molecular formula is C8H11BrN2O2. The first-order valence-corrected chi connectivity index (χ1v) is 4.77. The molecule has 72 valence electrons. The molecule has 0 fully saturated rings. The average Bonchev–Trinajstić information content (AvgIpc) is 2.30. The topological polar surface area (TPSA) is 66.0 Å². The van der Waals surface area contributed by atoms with E-state index in [2.05, 4.69) is 26.1 Å². The highest BCUT2D eigenvalue weighted by Gasteiger charge is 2.18. The van der Waals surface area contributed by atoms with Gasteiger partial charge >= 0.3 is 5.97 Å². The standard InChI is InChI=1S/C8H11BrN2O2/c1-4(2)3-5-6(8(12)13)7(9)11-10-5/h4H,3H2,1-2H3,(H,10,11)(H,12,13). The number of aromatic carboxylic acids is 1. The molecule has 2 N–H and O–H groups in total. The van der Waals surface area contributed by atoms with Crippen molar-refractivity contribution < 1.29 is 9.90 Å². The molecule has 0 aliphatic heterocycles. The van der Waals surface area contributed by atoms with Gasteiger partial charge in [0, 0.05) is 0 Å². The Labute approximate surface area is 84.5 Å². The first kappa shape index (κ1) is 10.2. The molecule has 0 aromatic carbocycles. The number of carboxylic acids is 1. The van der Waals surface area contributed by atoms with Crippen LogP contribution in [0.25, 0.3) is 0 Å². The lowest BCUT2D eigenvalue weighted by atomic mass is 10.1. The van der Waals surface area contributed by atoms with E-state index in [-0.39, 0.29) is 5.56 Å². The predicted octanol–water partition coefficient (Wildman–Crippen LogP) is 2.07. The average molecular weight is 247 g/mol. The number of H-pyrrole nitrogens is 1. The van der Waals surface area contributed by atoms with Crippen molar-refractivity contribution in [3.05, 3.63) is 15.9 Å². The summed E-state index contributed by atoms with van der Waals surface area (Å²) in [6, 6.07) is 0. The molecule has 13 heavy (non-hydrogen) atoms. The van der Waals surface area contributed by atoms with Gasteiger partial charge in [-0.15, -0.1) is 0 Å². The molecular weight excluding hydrogens is 236 g/mol. The summed E-state index contributed by atoms with van der Waals surface area (Å²) in [7, 11) is 0. The van der Waals surface area contributed by atoms with Crippen LogP contribution < -0.4 is 0 Å². The zero-order chi connectivity index (χ0) is 10.0. The number of aromatic nitrogens is 2. The Bertz CT molecular complexity index is 320. The Morgan fingerprint density at radius 1 is 1.69 bits per heavy atom. The van der Waals surface area contributed by atoms with Gasteiger partial charge in [0.25, 0.3) is 0 Å². The van der Waals surface area contributed by atoms with E-state index in [0.29, 0.717) is 22.6 Å². The van der Waals surface area contributed by atoms with Crippen molar-refractivity contribution in [3.63, 3.8) is 0 Å². The third kappa shape index (κ3) is 2.30. The maximum absolute atomic E-state index is 10.8. The normalized spacial score (nSPS) is 10.8. The van der Waals surface area contributed by atoms with Gasteiger partial charge in [-0.2, -0.15) is 5.10 Å². The van der Waals surface area contributed by atoms with Crippen LogP contribution in [0, 0.1) is 5.92 Å². The second-order valence-corrected chi connectivity index (χ2v) is 4.02. The van der Waals surface area contributed by atoms with Crippen LogP contribution in [-0.2, 0) is 6.42 Å². The van der Waals surface area contributed by atoms with Crippen molar-refractivity contribution in [2.75, 3.05) is 0 Å². The van der Waals surface area contributed by atoms with E-state index in [1.807, 2.05) is 13.8 Å². The van der Waals surface area contributed by atoms with Crippen molar-refractivity contribution in [1.82, 2.24) is 10.2 Å². The molecule has 5 heteroatoms. The van der Waals surface area contributed by atoms with Gasteiger partial charge in [0.05, 0.1) is 5.69 Å². The summed E-state index contributed by atoms with van der Waals surface area (Å²) in [6.07, 6.45) is 0.695. The monoisotopic (exact) mass is 246 g/mol. The van der Waals surface area contributed by atoms with Gasteiger partial charge in [-0.1, -0.05) is 13.8 Å². The van der Waals surface area contributed by atoms with Crippen LogP contribution in [-0.4, -0.2) is 21.3 Å². The number of carboxylic acid groups (broad SMARTS) is 1. The van der Waals surface area contributed by atoms with Crippen LogP contribution in [0.15, 0.2) is 4.60 Å². The molecule has 1 aromatic heterocycles. The van der Waals surface area contributed by atoms with Gasteiger partial charge in [0.1, 0.15) is 10.2 Å². The summed E-state index contributed by atoms with van der Waals surface area (Å²) in [5.74, 6) is -0.540. The SMILES string of the molecule is CC(C)Cc1[nH]nc(Br)c1C(=O)O. The zero-order valence-corrected chi connectivity index (χ0v) is 9.05. The van der Waals surface area contributed by atoms with Crippen LogP contribution in [0.4, 0.5) is 0 Å². The van der Waals surface area contributed by atoms with E-state index < -0.39 is 5.97 Å². The Hall–Kier alpha value is -0.840.